The zero-order valence-electron chi connectivity index (χ0n) is 14.2. The van der Waals surface area contributed by atoms with E-state index in [4.69, 9.17) is 0 Å². The van der Waals surface area contributed by atoms with Crippen LogP contribution in [0, 0.1) is 6.92 Å². The van der Waals surface area contributed by atoms with E-state index in [1.54, 1.807) is 0 Å². The van der Waals surface area contributed by atoms with Gasteiger partial charge in [-0.1, -0.05) is 0 Å². The van der Waals surface area contributed by atoms with Crippen molar-refractivity contribution in [3.63, 3.8) is 0 Å². The molecule has 0 fully saturated rings. The monoisotopic (exact) mass is 388 g/mol. The Kier molecular flexibility index (Phi) is 14.5. The van der Waals surface area contributed by atoms with E-state index < -0.39 is 0 Å². The van der Waals surface area contributed by atoms with Crippen LogP contribution in [-0.2, 0) is 16.8 Å². The van der Waals surface area contributed by atoms with Crippen molar-refractivity contribution in [2.24, 2.45) is 9.98 Å². The van der Waals surface area contributed by atoms with Crippen LogP contribution in [0.15, 0.2) is 22.1 Å². The average Bonchev–Trinajstić information content (AvgIpc) is 2.26. The molecule has 0 aliphatic carbocycles. The van der Waals surface area contributed by atoms with Gasteiger partial charge in [-0.05, 0) is 66.2 Å². The Morgan fingerprint density at radius 3 is 1.45 bits per heavy atom. The van der Waals surface area contributed by atoms with Gasteiger partial charge in [0.2, 0.25) is 0 Å². The SMILES string of the molecule is CC(=NC(C)C)c1cc(C)cc(C(C)=NC(C)C)n1.[Cl-].[Cl-].[Co+2]. The Balaban J connectivity index is -0.00000120. The first-order chi connectivity index (χ1) is 8.79. The second-order valence-corrected chi connectivity index (χ2v) is 5.53. The van der Waals surface area contributed by atoms with Crippen molar-refractivity contribution in [2.75, 3.05) is 0 Å². The summed E-state index contributed by atoms with van der Waals surface area (Å²) in [5.74, 6) is 0. The molecule has 6 heteroatoms. The number of aliphatic imine (C=N–C) groups is 2. The molecule has 0 unspecified atom stereocenters. The first-order valence-electron chi connectivity index (χ1n) is 6.87. The molecular weight excluding hydrogens is 364 g/mol. The van der Waals surface area contributed by atoms with Crippen molar-refractivity contribution >= 4 is 11.4 Å². The fraction of sp³-hybridized carbons (Fsp3) is 0.562. The van der Waals surface area contributed by atoms with Crippen molar-refractivity contribution in [3.05, 3.63) is 29.1 Å². The number of rotatable bonds is 4. The van der Waals surface area contributed by atoms with E-state index >= 15 is 0 Å². The van der Waals surface area contributed by atoms with Gasteiger partial charge in [-0.2, -0.15) is 0 Å². The molecule has 1 radical (unpaired) electrons. The number of halogens is 2. The van der Waals surface area contributed by atoms with Gasteiger partial charge in [-0.3, -0.25) is 9.98 Å². The zero-order chi connectivity index (χ0) is 14.6. The van der Waals surface area contributed by atoms with Crippen molar-refractivity contribution in [2.45, 2.75) is 60.5 Å². The van der Waals surface area contributed by atoms with Gasteiger partial charge in [0, 0.05) is 12.1 Å². The summed E-state index contributed by atoms with van der Waals surface area (Å²) < 4.78 is 0. The number of aryl methyl sites for hydroxylation is 1. The molecule has 1 heterocycles. The van der Waals surface area contributed by atoms with E-state index in [0.717, 1.165) is 22.8 Å². The summed E-state index contributed by atoms with van der Waals surface area (Å²) in [5, 5.41) is 0. The molecule has 0 N–H and O–H groups in total. The number of hydrogen-bond acceptors (Lipinski definition) is 3. The van der Waals surface area contributed by atoms with E-state index in [1.807, 2.05) is 13.8 Å². The third-order valence-corrected chi connectivity index (χ3v) is 2.61. The first-order valence-corrected chi connectivity index (χ1v) is 6.87. The maximum Gasteiger partial charge on any atom is 2.00 e. The molecule has 0 saturated heterocycles. The predicted molar refractivity (Wildman–Crippen MR) is 83.7 cm³/mol. The largest absolute Gasteiger partial charge is 2.00 e. The van der Waals surface area contributed by atoms with Crippen LogP contribution < -0.4 is 24.8 Å². The summed E-state index contributed by atoms with van der Waals surface area (Å²) in [4.78, 5) is 13.8. The third-order valence-electron chi connectivity index (χ3n) is 2.61. The summed E-state index contributed by atoms with van der Waals surface area (Å²) in [7, 11) is 0. The van der Waals surface area contributed by atoms with Crippen LogP contribution >= 0.6 is 0 Å². The molecule has 0 spiro atoms. The second-order valence-electron chi connectivity index (χ2n) is 5.53. The van der Waals surface area contributed by atoms with E-state index in [0.29, 0.717) is 0 Å². The number of nitrogens with zero attached hydrogens (tertiary/aromatic N) is 3. The van der Waals surface area contributed by atoms with Gasteiger partial charge in [0.15, 0.2) is 0 Å². The summed E-state index contributed by atoms with van der Waals surface area (Å²) >= 11 is 0. The Hall–Kier alpha value is -0.424. The van der Waals surface area contributed by atoms with Crippen LogP contribution in [-0.4, -0.2) is 28.5 Å². The van der Waals surface area contributed by atoms with E-state index in [1.165, 1.54) is 5.56 Å². The van der Waals surface area contributed by atoms with Gasteiger partial charge < -0.3 is 24.8 Å². The molecule has 1 aromatic heterocycles. The summed E-state index contributed by atoms with van der Waals surface area (Å²) in [6, 6.07) is 4.73. The van der Waals surface area contributed by atoms with Gasteiger partial charge >= 0.3 is 16.8 Å². The molecule has 22 heavy (non-hydrogen) atoms. The number of hydrogen-bond donors (Lipinski definition) is 0. The summed E-state index contributed by atoms with van der Waals surface area (Å²) in [6.45, 7) is 14.4. The maximum absolute atomic E-state index is 4.68. The van der Waals surface area contributed by atoms with E-state index in [9.17, 15) is 0 Å². The Bertz CT molecular complexity index is 470. The van der Waals surface area contributed by atoms with Crippen molar-refractivity contribution in [1.29, 1.82) is 0 Å². The molecule has 1 rings (SSSR count). The molecule has 0 saturated carbocycles. The van der Waals surface area contributed by atoms with E-state index in [-0.39, 0.29) is 53.7 Å². The van der Waals surface area contributed by atoms with Crippen LogP contribution in [0.25, 0.3) is 0 Å². The number of aromatic nitrogens is 1. The molecule has 0 amide bonds. The molecule has 0 atom stereocenters. The minimum Gasteiger partial charge on any atom is -1.00 e. The topological polar surface area (TPSA) is 37.6 Å². The molecule has 0 aliphatic rings. The van der Waals surface area contributed by atoms with Gasteiger partial charge in [-0.15, -0.1) is 0 Å². The normalized spacial score (nSPS) is 11.7. The molecule has 0 aliphatic heterocycles. The molecular formula is C16H25Cl2CoN3. The molecule has 0 bridgehead atoms. The summed E-state index contributed by atoms with van der Waals surface area (Å²) in [6.07, 6.45) is 0. The van der Waals surface area contributed by atoms with E-state index in [2.05, 4.69) is 61.7 Å². The first kappa shape index (κ1) is 26.5. The smallest absolute Gasteiger partial charge is 1.00 e. The van der Waals surface area contributed by atoms with Crippen LogP contribution in [0.3, 0.4) is 0 Å². The Morgan fingerprint density at radius 1 is 0.864 bits per heavy atom. The standard InChI is InChI=1S/C16H25N3.2ClH.Co/c1-10(2)17-13(6)15-8-12(5)9-16(19-15)14(7)18-11(3)4;;;/h8-11H,1-7H3;2*1H;/q;;;+2/p-2. The Morgan fingerprint density at radius 2 is 1.18 bits per heavy atom. The van der Waals surface area contributed by atoms with Crippen LogP contribution in [0.1, 0.15) is 58.5 Å². The molecule has 3 nitrogen and oxygen atoms in total. The van der Waals surface area contributed by atoms with Gasteiger partial charge in [-0.25, -0.2) is 4.98 Å². The molecule has 127 valence electrons. The van der Waals surface area contributed by atoms with Gasteiger partial charge in [0.1, 0.15) is 0 Å². The summed E-state index contributed by atoms with van der Waals surface area (Å²) in [5.41, 5.74) is 5.05. The quantitative estimate of drug-likeness (QED) is 0.541. The van der Waals surface area contributed by atoms with Crippen molar-refractivity contribution < 1.29 is 41.6 Å². The fourth-order valence-electron chi connectivity index (χ4n) is 1.94. The van der Waals surface area contributed by atoms with Crippen molar-refractivity contribution in [1.82, 2.24) is 4.98 Å². The zero-order valence-corrected chi connectivity index (χ0v) is 16.8. The van der Waals surface area contributed by atoms with Crippen molar-refractivity contribution in [3.8, 4) is 0 Å². The molecule has 1 aromatic rings. The minimum atomic E-state index is 0. The third kappa shape index (κ3) is 8.88. The fourth-order valence-corrected chi connectivity index (χ4v) is 1.94. The van der Waals surface area contributed by atoms with Crippen LogP contribution in [0.2, 0.25) is 0 Å². The number of pyridine rings is 1. The average molecular weight is 389 g/mol. The molecule has 0 aromatic carbocycles. The predicted octanol–water partition coefficient (Wildman–Crippen LogP) is -2.17. The maximum atomic E-state index is 4.68. The van der Waals surface area contributed by atoms with Gasteiger partial charge in [0.25, 0.3) is 0 Å². The second kappa shape index (κ2) is 12.1. The van der Waals surface area contributed by atoms with Crippen LogP contribution in [0.4, 0.5) is 0 Å². The minimum absolute atomic E-state index is 0. The Labute approximate surface area is 157 Å². The van der Waals surface area contributed by atoms with Crippen LogP contribution in [0.5, 0.6) is 0 Å². The van der Waals surface area contributed by atoms with Gasteiger partial charge in [0.05, 0.1) is 22.8 Å².